The first-order valence-corrected chi connectivity index (χ1v) is 5.85. The van der Waals surface area contributed by atoms with Crippen molar-refractivity contribution >= 4 is 0 Å². The molecule has 1 unspecified atom stereocenters. The van der Waals surface area contributed by atoms with Crippen molar-refractivity contribution < 1.29 is 9.84 Å². The van der Waals surface area contributed by atoms with Gasteiger partial charge in [0.25, 0.3) is 0 Å². The van der Waals surface area contributed by atoms with Crippen molar-refractivity contribution in [2.24, 2.45) is 7.05 Å². The van der Waals surface area contributed by atoms with Crippen LogP contribution in [-0.4, -0.2) is 40.7 Å². The fourth-order valence-corrected chi connectivity index (χ4v) is 1.80. The van der Waals surface area contributed by atoms with Crippen LogP contribution in [0.25, 0.3) is 0 Å². The molecule has 5 heteroatoms. The molecule has 98 valence electrons. The van der Waals surface area contributed by atoms with Gasteiger partial charge in [0, 0.05) is 44.1 Å². The Morgan fingerprint density at radius 1 is 1.59 bits per heavy atom. The normalized spacial score (nSPS) is 14.9. The Hall–Kier alpha value is -0.910. The third kappa shape index (κ3) is 3.80. The quantitative estimate of drug-likeness (QED) is 0.734. The van der Waals surface area contributed by atoms with E-state index in [4.69, 9.17) is 9.84 Å². The van der Waals surface area contributed by atoms with Crippen LogP contribution in [0, 0.1) is 6.92 Å². The SMILES string of the molecule is COCC(C)(CCO)NCc1cnn(C)c1C. The van der Waals surface area contributed by atoms with E-state index in [2.05, 4.69) is 17.3 Å². The van der Waals surface area contributed by atoms with Crippen LogP contribution >= 0.6 is 0 Å². The van der Waals surface area contributed by atoms with Crippen molar-refractivity contribution in [2.45, 2.75) is 32.4 Å². The average molecular weight is 241 g/mol. The highest BCUT2D eigenvalue weighted by atomic mass is 16.5. The van der Waals surface area contributed by atoms with Gasteiger partial charge in [0.15, 0.2) is 0 Å². The summed E-state index contributed by atoms with van der Waals surface area (Å²) in [5.41, 5.74) is 2.13. The van der Waals surface area contributed by atoms with E-state index in [0.29, 0.717) is 13.0 Å². The molecule has 17 heavy (non-hydrogen) atoms. The largest absolute Gasteiger partial charge is 0.396 e. The van der Waals surface area contributed by atoms with E-state index in [9.17, 15) is 0 Å². The minimum atomic E-state index is -0.203. The number of rotatable bonds is 7. The van der Waals surface area contributed by atoms with Crippen molar-refractivity contribution in [1.29, 1.82) is 0 Å². The molecule has 0 radical (unpaired) electrons. The summed E-state index contributed by atoms with van der Waals surface area (Å²) in [6, 6.07) is 0. The zero-order valence-corrected chi connectivity index (χ0v) is 11.2. The summed E-state index contributed by atoms with van der Waals surface area (Å²) in [6.45, 7) is 5.56. The molecule has 1 rings (SSSR count). The minimum absolute atomic E-state index is 0.152. The predicted octanol–water partition coefficient (Wildman–Crippen LogP) is 0.606. The molecule has 0 fully saturated rings. The van der Waals surface area contributed by atoms with E-state index < -0.39 is 0 Å². The minimum Gasteiger partial charge on any atom is -0.396 e. The number of nitrogens with one attached hydrogen (secondary N) is 1. The molecule has 0 aromatic carbocycles. The van der Waals surface area contributed by atoms with E-state index in [1.807, 2.05) is 24.9 Å². The fraction of sp³-hybridized carbons (Fsp3) is 0.750. The molecule has 0 aliphatic heterocycles. The molecular weight excluding hydrogens is 218 g/mol. The molecule has 1 heterocycles. The summed E-state index contributed by atoms with van der Waals surface area (Å²) in [4.78, 5) is 0. The van der Waals surface area contributed by atoms with Gasteiger partial charge in [0.05, 0.1) is 12.8 Å². The highest BCUT2D eigenvalue weighted by Crippen LogP contribution is 2.12. The van der Waals surface area contributed by atoms with E-state index in [0.717, 1.165) is 12.2 Å². The Labute approximate surface area is 103 Å². The number of hydrogen-bond donors (Lipinski definition) is 2. The Kier molecular flexibility index (Phi) is 5.11. The standard InChI is InChI=1S/C12H23N3O2/c1-10-11(8-14-15(10)3)7-13-12(2,5-6-16)9-17-4/h8,13,16H,5-7,9H2,1-4H3. The number of aromatic nitrogens is 2. The number of aryl methyl sites for hydroxylation is 1. The highest BCUT2D eigenvalue weighted by molar-refractivity contribution is 5.15. The van der Waals surface area contributed by atoms with Gasteiger partial charge in [-0.05, 0) is 20.3 Å². The zero-order chi connectivity index (χ0) is 12.9. The van der Waals surface area contributed by atoms with Crippen LogP contribution in [-0.2, 0) is 18.3 Å². The molecule has 5 nitrogen and oxygen atoms in total. The predicted molar refractivity (Wildman–Crippen MR) is 66.8 cm³/mol. The molecule has 1 atom stereocenters. The molecule has 0 saturated heterocycles. The third-order valence-corrected chi connectivity index (χ3v) is 3.17. The topological polar surface area (TPSA) is 59.3 Å². The Morgan fingerprint density at radius 2 is 2.29 bits per heavy atom. The summed E-state index contributed by atoms with van der Waals surface area (Å²) in [5, 5.41) is 16.7. The molecule has 0 aliphatic rings. The van der Waals surface area contributed by atoms with Gasteiger partial charge in [-0.25, -0.2) is 0 Å². The first-order chi connectivity index (χ1) is 8.02. The average Bonchev–Trinajstić information content (AvgIpc) is 2.58. The molecular formula is C12H23N3O2. The summed E-state index contributed by atoms with van der Waals surface area (Å²) >= 11 is 0. The number of aliphatic hydroxyl groups is 1. The van der Waals surface area contributed by atoms with Crippen LogP contribution in [0.3, 0.4) is 0 Å². The maximum atomic E-state index is 9.07. The number of methoxy groups -OCH3 is 1. The Bertz CT molecular complexity index is 344. The van der Waals surface area contributed by atoms with Crippen LogP contribution in [0.15, 0.2) is 6.20 Å². The maximum absolute atomic E-state index is 9.07. The first-order valence-electron chi connectivity index (χ1n) is 5.85. The number of nitrogens with zero attached hydrogens (tertiary/aromatic N) is 2. The van der Waals surface area contributed by atoms with Gasteiger partial charge >= 0.3 is 0 Å². The monoisotopic (exact) mass is 241 g/mol. The summed E-state index contributed by atoms with van der Waals surface area (Å²) in [6.07, 6.45) is 2.54. The second kappa shape index (κ2) is 6.14. The van der Waals surface area contributed by atoms with Crippen molar-refractivity contribution in [3.8, 4) is 0 Å². The van der Waals surface area contributed by atoms with Gasteiger partial charge in [-0.2, -0.15) is 5.10 Å². The molecule has 0 aliphatic carbocycles. The van der Waals surface area contributed by atoms with Gasteiger partial charge in [-0.15, -0.1) is 0 Å². The lowest BCUT2D eigenvalue weighted by Crippen LogP contribution is -2.46. The Morgan fingerprint density at radius 3 is 2.76 bits per heavy atom. The second-order valence-corrected chi connectivity index (χ2v) is 4.70. The number of ether oxygens (including phenoxy) is 1. The van der Waals surface area contributed by atoms with E-state index >= 15 is 0 Å². The molecule has 2 N–H and O–H groups in total. The Balaban J connectivity index is 2.60. The van der Waals surface area contributed by atoms with Gasteiger partial charge in [-0.1, -0.05) is 0 Å². The van der Waals surface area contributed by atoms with Gasteiger partial charge in [-0.3, -0.25) is 4.68 Å². The molecule has 0 spiro atoms. The van der Waals surface area contributed by atoms with Crippen LogP contribution < -0.4 is 5.32 Å². The molecule has 1 aromatic heterocycles. The summed E-state index contributed by atoms with van der Waals surface area (Å²) in [7, 11) is 3.60. The van der Waals surface area contributed by atoms with Gasteiger partial charge < -0.3 is 15.2 Å². The molecule has 0 saturated carbocycles. The molecule has 0 bridgehead atoms. The number of hydrogen-bond acceptors (Lipinski definition) is 4. The highest BCUT2D eigenvalue weighted by Gasteiger charge is 2.23. The zero-order valence-electron chi connectivity index (χ0n) is 11.2. The lowest BCUT2D eigenvalue weighted by molar-refractivity contribution is 0.0969. The van der Waals surface area contributed by atoms with Crippen molar-refractivity contribution in [3.05, 3.63) is 17.5 Å². The first kappa shape index (κ1) is 14.2. The summed E-state index contributed by atoms with van der Waals surface area (Å²) in [5.74, 6) is 0. The van der Waals surface area contributed by atoms with E-state index in [1.165, 1.54) is 5.56 Å². The van der Waals surface area contributed by atoms with Crippen molar-refractivity contribution in [2.75, 3.05) is 20.3 Å². The van der Waals surface area contributed by atoms with Crippen LogP contribution in [0.2, 0.25) is 0 Å². The third-order valence-electron chi connectivity index (χ3n) is 3.17. The van der Waals surface area contributed by atoms with Crippen molar-refractivity contribution in [3.63, 3.8) is 0 Å². The second-order valence-electron chi connectivity index (χ2n) is 4.70. The van der Waals surface area contributed by atoms with Gasteiger partial charge in [0.1, 0.15) is 0 Å². The van der Waals surface area contributed by atoms with Crippen molar-refractivity contribution in [1.82, 2.24) is 15.1 Å². The molecule has 0 amide bonds. The van der Waals surface area contributed by atoms with Crippen LogP contribution in [0.1, 0.15) is 24.6 Å². The van der Waals surface area contributed by atoms with Crippen LogP contribution in [0.5, 0.6) is 0 Å². The lowest BCUT2D eigenvalue weighted by Gasteiger charge is -2.29. The van der Waals surface area contributed by atoms with E-state index in [-0.39, 0.29) is 12.1 Å². The lowest BCUT2D eigenvalue weighted by atomic mass is 9.99. The number of aliphatic hydroxyl groups excluding tert-OH is 1. The van der Waals surface area contributed by atoms with Crippen LogP contribution in [0.4, 0.5) is 0 Å². The van der Waals surface area contributed by atoms with E-state index in [1.54, 1.807) is 7.11 Å². The summed E-state index contributed by atoms with van der Waals surface area (Å²) < 4.78 is 7.05. The van der Waals surface area contributed by atoms with Gasteiger partial charge in [0.2, 0.25) is 0 Å². The smallest absolute Gasteiger partial charge is 0.0642 e. The molecule has 1 aromatic rings. The maximum Gasteiger partial charge on any atom is 0.0642 e. The fourth-order valence-electron chi connectivity index (χ4n) is 1.80.